The number of carbonyl (C=O) groups is 2. The smallest absolute Gasteiger partial charge is 0.306 e. The largest absolute Gasteiger partial charge is 0.756 e. The number of unbranched alkanes of at least 4 members (excludes halogenated alkanes) is 37. The zero-order chi connectivity index (χ0) is 61.2. The average molecular weight is 1200 g/mol. The van der Waals surface area contributed by atoms with E-state index >= 15 is 0 Å². The first-order valence-electron chi connectivity index (χ1n) is 35.3. The maximum absolute atomic E-state index is 12.9. The highest BCUT2D eigenvalue weighted by atomic mass is 31.2. The lowest BCUT2D eigenvalue weighted by Crippen LogP contribution is -2.37. The molecular formula is C74H134NO8P. The minimum absolute atomic E-state index is 0.0314. The van der Waals surface area contributed by atoms with Gasteiger partial charge in [-0.15, -0.1) is 0 Å². The van der Waals surface area contributed by atoms with Crippen LogP contribution in [-0.2, 0) is 32.7 Å². The van der Waals surface area contributed by atoms with E-state index in [4.69, 9.17) is 18.5 Å². The molecule has 0 aliphatic rings. The Balaban J connectivity index is 4.01. The topological polar surface area (TPSA) is 111 Å². The summed E-state index contributed by atoms with van der Waals surface area (Å²) in [6.07, 6.45) is 88.1. The first-order chi connectivity index (χ1) is 41.0. The Morgan fingerprint density at radius 1 is 0.381 bits per heavy atom. The van der Waals surface area contributed by atoms with E-state index in [9.17, 15) is 19.0 Å². The predicted octanol–water partition coefficient (Wildman–Crippen LogP) is 22.3. The quantitative estimate of drug-likeness (QED) is 0.0195. The summed E-state index contributed by atoms with van der Waals surface area (Å²) < 4.78 is 34.3. The minimum Gasteiger partial charge on any atom is -0.756 e. The summed E-state index contributed by atoms with van der Waals surface area (Å²) in [5.74, 6) is -0.822. The molecule has 84 heavy (non-hydrogen) atoms. The Morgan fingerprint density at radius 2 is 0.679 bits per heavy atom. The Bertz CT molecular complexity index is 1690. The summed E-state index contributed by atoms with van der Waals surface area (Å²) in [5.41, 5.74) is 0. The molecule has 0 rings (SSSR count). The molecule has 9 nitrogen and oxygen atoms in total. The lowest BCUT2D eigenvalue weighted by Gasteiger charge is -2.28. The van der Waals surface area contributed by atoms with Crippen LogP contribution in [0.4, 0.5) is 0 Å². The van der Waals surface area contributed by atoms with Crippen molar-refractivity contribution in [2.24, 2.45) is 0 Å². The predicted molar refractivity (Wildman–Crippen MR) is 360 cm³/mol. The van der Waals surface area contributed by atoms with Crippen molar-refractivity contribution in [3.8, 4) is 0 Å². The number of likely N-dealkylation sites (N-methyl/N-ethyl adjacent to an activating group) is 1. The zero-order valence-electron chi connectivity index (χ0n) is 55.6. The number of nitrogens with zero attached hydrogens (tertiary/aromatic N) is 1. The van der Waals surface area contributed by atoms with Crippen LogP contribution in [-0.4, -0.2) is 70.0 Å². The average Bonchev–Trinajstić information content (AvgIpc) is 3.61. The van der Waals surface area contributed by atoms with Gasteiger partial charge in [0.05, 0.1) is 27.7 Å². The molecule has 0 aromatic carbocycles. The van der Waals surface area contributed by atoms with Crippen LogP contribution >= 0.6 is 7.82 Å². The zero-order valence-corrected chi connectivity index (χ0v) is 56.5. The van der Waals surface area contributed by atoms with E-state index in [-0.39, 0.29) is 32.0 Å². The van der Waals surface area contributed by atoms with Crippen molar-refractivity contribution in [1.29, 1.82) is 0 Å². The van der Waals surface area contributed by atoms with Crippen LogP contribution in [0.1, 0.15) is 322 Å². The Kier molecular flexibility index (Phi) is 62.5. The molecule has 0 spiro atoms. The normalized spacial score (nSPS) is 13.6. The van der Waals surface area contributed by atoms with E-state index in [0.29, 0.717) is 17.4 Å². The molecule has 488 valence electrons. The van der Waals surface area contributed by atoms with Crippen molar-refractivity contribution in [3.05, 3.63) is 85.1 Å². The third kappa shape index (κ3) is 68.3. The fourth-order valence-corrected chi connectivity index (χ4v) is 10.7. The van der Waals surface area contributed by atoms with Crippen LogP contribution in [0.15, 0.2) is 85.1 Å². The molecule has 0 saturated heterocycles. The number of quaternary nitrogens is 1. The summed E-state index contributed by atoms with van der Waals surface area (Å²) in [6.45, 7) is 4.16. The van der Waals surface area contributed by atoms with Crippen LogP contribution in [0.5, 0.6) is 0 Å². The van der Waals surface area contributed by atoms with Crippen molar-refractivity contribution in [2.45, 2.75) is 328 Å². The van der Waals surface area contributed by atoms with Crippen LogP contribution < -0.4 is 4.89 Å². The van der Waals surface area contributed by atoms with E-state index in [1.54, 1.807) is 0 Å². The van der Waals surface area contributed by atoms with Crippen molar-refractivity contribution in [1.82, 2.24) is 0 Å². The monoisotopic (exact) mass is 1200 g/mol. The molecule has 0 aromatic heterocycles. The maximum Gasteiger partial charge on any atom is 0.306 e. The summed E-state index contributed by atoms with van der Waals surface area (Å²) >= 11 is 0. The van der Waals surface area contributed by atoms with E-state index < -0.39 is 26.5 Å². The number of rotatable bonds is 65. The van der Waals surface area contributed by atoms with Crippen LogP contribution in [0, 0.1) is 0 Å². The van der Waals surface area contributed by atoms with Gasteiger partial charge in [0.15, 0.2) is 6.10 Å². The summed E-state index contributed by atoms with van der Waals surface area (Å²) in [6, 6.07) is 0. The molecule has 0 N–H and O–H groups in total. The number of ether oxygens (including phenoxy) is 2. The van der Waals surface area contributed by atoms with E-state index in [1.807, 2.05) is 21.1 Å². The number of phosphoric ester groups is 1. The van der Waals surface area contributed by atoms with Crippen LogP contribution in [0.25, 0.3) is 0 Å². The molecule has 10 heteroatoms. The third-order valence-corrected chi connectivity index (χ3v) is 16.4. The second-order valence-corrected chi connectivity index (χ2v) is 26.3. The second kappa shape index (κ2) is 64.7. The number of hydrogen-bond donors (Lipinski definition) is 0. The molecule has 0 fully saturated rings. The second-order valence-electron chi connectivity index (χ2n) is 24.9. The fourth-order valence-electron chi connectivity index (χ4n) is 10.0. The van der Waals surface area contributed by atoms with Crippen LogP contribution in [0.2, 0.25) is 0 Å². The highest BCUT2D eigenvalue weighted by molar-refractivity contribution is 7.45. The third-order valence-electron chi connectivity index (χ3n) is 15.4. The van der Waals surface area contributed by atoms with Crippen molar-refractivity contribution in [3.63, 3.8) is 0 Å². The van der Waals surface area contributed by atoms with Gasteiger partial charge in [-0.3, -0.25) is 14.2 Å². The van der Waals surface area contributed by atoms with Gasteiger partial charge in [-0.25, -0.2) is 0 Å². The fraction of sp³-hybridized carbons (Fsp3) is 0.784. The molecule has 0 bridgehead atoms. The number of hydrogen-bond acceptors (Lipinski definition) is 8. The molecule has 0 aliphatic carbocycles. The first-order valence-corrected chi connectivity index (χ1v) is 36.8. The lowest BCUT2D eigenvalue weighted by molar-refractivity contribution is -0.870. The highest BCUT2D eigenvalue weighted by Gasteiger charge is 2.22. The van der Waals surface area contributed by atoms with Crippen molar-refractivity contribution in [2.75, 3.05) is 47.5 Å². The van der Waals surface area contributed by atoms with Gasteiger partial charge in [-0.2, -0.15) is 0 Å². The lowest BCUT2D eigenvalue weighted by atomic mass is 10.0. The summed E-state index contributed by atoms with van der Waals surface area (Å²) in [4.78, 5) is 38.1. The summed E-state index contributed by atoms with van der Waals surface area (Å²) in [5, 5.41) is 0. The molecule has 0 radical (unpaired) electrons. The van der Waals surface area contributed by atoms with Gasteiger partial charge in [-0.1, -0.05) is 304 Å². The number of phosphoric acid groups is 1. The molecule has 0 heterocycles. The van der Waals surface area contributed by atoms with Gasteiger partial charge in [0.2, 0.25) is 0 Å². The van der Waals surface area contributed by atoms with Gasteiger partial charge < -0.3 is 27.9 Å². The van der Waals surface area contributed by atoms with Gasteiger partial charge in [-0.05, 0) is 89.9 Å². The molecule has 0 aliphatic heterocycles. The molecule has 2 unspecified atom stereocenters. The minimum atomic E-state index is -4.64. The van der Waals surface area contributed by atoms with E-state index in [1.165, 1.54) is 212 Å². The Labute approximate surface area is 520 Å². The van der Waals surface area contributed by atoms with Gasteiger partial charge in [0, 0.05) is 12.8 Å². The standard InChI is InChI=1S/C74H134NO8P/c1-6-8-10-12-14-16-18-20-22-24-26-28-30-32-33-34-35-36-37-38-39-40-41-43-45-47-49-51-53-55-57-59-61-63-65-67-74(77)83-72(71-82-84(78,79)81-69-68-75(3,4)5)70-80-73(76)66-64-62-60-58-56-54-52-50-48-46-44-42-31-29-27-25-23-21-19-17-15-13-11-9-7-2/h8,10,14,16,19-22,25-28,32-33,72H,6-7,9,11-13,15,17-18,23-24,29-31,34-71H2,1-5H3/b10-8-,16-14-,21-19-,22-20-,27-25-,28-26-,33-32-. The van der Waals surface area contributed by atoms with Gasteiger partial charge in [0.25, 0.3) is 7.82 Å². The van der Waals surface area contributed by atoms with Gasteiger partial charge >= 0.3 is 11.9 Å². The number of carbonyl (C=O) groups excluding carboxylic acids is 2. The molecule has 2 atom stereocenters. The SMILES string of the molecule is CC/C=C\C/C=C\C/C=C\C/C=C\C/C=C\CCCCCCCCCCCCCCCCCCCCCC(=O)OC(COC(=O)CCCCCCCCCCCCCCC/C=C\C/C=C\CCCCCCC)COP(=O)([O-])OCC[N+](C)(C)C. The number of allylic oxidation sites excluding steroid dienone is 14. The van der Waals surface area contributed by atoms with E-state index in [2.05, 4.69) is 98.9 Å². The maximum atomic E-state index is 12.9. The Morgan fingerprint density at radius 3 is 1.01 bits per heavy atom. The molecule has 0 saturated carbocycles. The van der Waals surface area contributed by atoms with E-state index in [0.717, 1.165) is 77.0 Å². The molecule has 0 amide bonds. The number of esters is 2. The molecule has 0 aromatic rings. The summed E-state index contributed by atoms with van der Waals surface area (Å²) in [7, 11) is 1.17. The van der Waals surface area contributed by atoms with Crippen molar-refractivity contribution < 1.29 is 42.1 Å². The molecular weight excluding hydrogens is 1060 g/mol. The first kappa shape index (κ1) is 81.2. The van der Waals surface area contributed by atoms with Crippen LogP contribution in [0.3, 0.4) is 0 Å². The Hall–Kier alpha value is -2.81. The highest BCUT2D eigenvalue weighted by Crippen LogP contribution is 2.38. The van der Waals surface area contributed by atoms with Gasteiger partial charge in [0.1, 0.15) is 19.8 Å². The van der Waals surface area contributed by atoms with Crippen molar-refractivity contribution >= 4 is 19.8 Å².